The molecule has 1 amide bonds. The molecule has 4 nitrogen and oxygen atoms in total. The topological polar surface area (TPSA) is 47.6 Å². The molecule has 0 bridgehead atoms. The van der Waals surface area contributed by atoms with Crippen LogP contribution < -0.4 is 10.1 Å². The first-order valence-electron chi connectivity index (χ1n) is 5.37. The predicted octanol–water partition coefficient (Wildman–Crippen LogP) is 2.28. The number of ether oxygens (including phenoxy) is 2. The molecule has 1 aromatic carbocycles. The van der Waals surface area contributed by atoms with Crippen molar-refractivity contribution in [2.45, 2.75) is 6.92 Å². The van der Waals surface area contributed by atoms with E-state index in [0.29, 0.717) is 37.1 Å². The summed E-state index contributed by atoms with van der Waals surface area (Å²) in [6, 6.07) is 7.27. The molecule has 1 rings (SSSR count). The lowest BCUT2D eigenvalue weighted by Gasteiger charge is -2.11. The van der Waals surface area contributed by atoms with Crippen molar-refractivity contribution in [1.29, 1.82) is 0 Å². The van der Waals surface area contributed by atoms with Gasteiger partial charge in [0.15, 0.2) is 0 Å². The molecular weight excluding hydrogens is 242 g/mol. The first-order valence-corrected chi connectivity index (χ1v) is 5.90. The van der Waals surface area contributed by atoms with Crippen LogP contribution in [-0.2, 0) is 9.53 Å². The highest BCUT2D eigenvalue weighted by Crippen LogP contribution is 2.23. The Kier molecular flexibility index (Phi) is 6.43. The fraction of sp³-hybridized carbons (Fsp3) is 0.417. The SMILES string of the molecule is CC(=O)Nc1ccccc1OCCOCCCl. The minimum atomic E-state index is -0.126. The summed E-state index contributed by atoms with van der Waals surface area (Å²) in [6.07, 6.45) is 0. The molecule has 1 aromatic rings. The van der Waals surface area contributed by atoms with E-state index < -0.39 is 0 Å². The van der Waals surface area contributed by atoms with Crippen LogP contribution in [0.25, 0.3) is 0 Å². The summed E-state index contributed by atoms with van der Waals surface area (Å²) in [5.74, 6) is 0.985. The molecular formula is C12H16ClNO3. The van der Waals surface area contributed by atoms with Gasteiger partial charge in [0.25, 0.3) is 0 Å². The highest BCUT2D eigenvalue weighted by atomic mass is 35.5. The number of alkyl halides is 1. The van der Waals surface area contributed by atoms with E-state index in [1.54, 1.807) is 12.1 Å². The average molecular weight is 258 g/mol. The highest BCUT2D eigenvalue weighted by molar-refractivity contribution is 6.17. The van der Waals surface area contributed by atoms with Crippen LogP contribution in [0, 0.1) is 0 Å². The second kappa shape index (κ2) is 7.92. The zero-order chi connectivity index (χ0) is 12.5. The number of hydrogen-bond acceptors (Lipinski definition) is 3. The maximum absolute atomic E-state index is 11.0. The van der Waals surface area contributed by atoms with Crippen LogP contribution in [0.3, 0.4) is 0 Å². The smallest absolute Gasteiger partial charge is 0.221 e. The number of nitrogens with one attached hydrogen (secondary N) is 1. The van der Waals surface area contributed by atoms with Gasteiger partial charge in [0, 0.05) is 12.8 Å². The largest absolute Gasteiger partial charge is 0.489 e. The maximum atomic E-state index is 11.0. The van der Waals surface area contributed by atoms with Gasteiger partial charge in [0.05, 0.1) is 18.9 Å². The molecule has 0 saturated carbocycles. The van der Waals surface area contributed by atoms with Crippen LogP contribution in [-0.4, -0.2) is 31.6 Å². The monoisotopic (exact) mass is 257 g/mol. The molecule has 5 heteroatoms. The summed E-state index contributed by atoms with van der Waals surface area (Å²) in [4.78, 5) is 11.0. The summed E-state index contributed by atoms with van der Waals surface area (Å²) in [6.45, 7) is 2.87. The predicted molar refractivity (Wildman–Crippen MR) is 67.8 cm³/mol. The van der Waals surface area contributed by atoms with Gasteiger partial charge >= 0.3 is 0 Å². The first-order chi connectivity index (χ1) is 8.24. The molecule has 0 fully saturated rings. The third-order valence-electron chi connectivity index (χ3n) is 1.90. The minimum Gasteiger partial charge on any atom is -0.489 e. The second-order valence-corrected chi connectivity index (χ2v) is 3.71. The van der Waals surface area contributed by atoms with Crippen LogP contribution in [0.2, 0.25) is 0 Å². The van der Waals surface area contributed by atoms with Crippen molar-refractivity contribution in [2.75, 3.05) is 31.0 Å². The molecule has 0 unspecified atom stereocenters. The molecule has 0 atom stereocenters. The lowest BCUT2D eigenvalue weighted by Crippen LogP contribution is -2.11. The second-order valence-electron chi connectivity index (χ2n) is 3.33. The molecule has 94 valence electrons. The van der Waals surface area contributed by atoms with Crippen LogP contribution in [0.5, 0.6) is 5.75 Å². The fourth-order valence-electron chi connectivity index (χ4n) is 1.25. The molecule has 0 spiro atoms. The van der Waals surface area contributed by atoms with Gasteiger partial charge in [-0.05, 0) is 12.1 Å². The van der Waals surface area contributed by atoms with Gasteiger partial charge in [-0.15, -0.1) is 11.6 Å². The molecule has 0 aliphatic heterocycles. The quantitative estimate of drug-likeness (QED) is 0.602. The van der Waals surface area contributed by atoms with E-state index in [2.05, 4.69) is 5.32 Å². The van der Waals surface area contributed by atoms with Crippen molar-refractivity contribution in [3.8, 4) is 5.75 Å². The van der Waals surface area contributed by atoms with Crippen LogP contribution in [0.15, 0.2) is 24.3 Å². The Morgan fingerprint density at radius 3 is 2.76 bits per heavy atom. The molecule has 1 N–H and O–H groups in total. The summed E-state index contributed by atoms with van der Waals surface area (Å²) >= 11 is 5.47. The van der Waals surface area contributed by atoms with Gasteiger partial charge in [-0.3, -0.25) is 4.79 Å². The van der Waals surface area contributed by atoms with Crippen molar-refractivity contribution >= 4 is 23.2 Å². The van der Waals surface area contributed by atoms with Gasteiger partial charge in [0.2, 0.25) is 5.91 Å². The Morgan fingerprint density at radius 2 is 2.06 bits per heavy atom. The Bertz CT molecular complexity index is 357. The molecule has 0 radical (unpaired) electrons. The lowest BCUT2D eigenvalue weighted by molar-refractivity contribution is -0.114. The Labute approximate surface area is 106 Å². The maximum Gasteiger partial charge on any atom is 0.221 e. The third kappa shape index (κ3) is 5.56. The number of carbonyl (C=O) groups excluding carboxylic acids is 1. The summed E-state index contributed by atoms with van der Waals surface area (Å²) in [7, 11) is 0. The number of amides is 1. The van der Waals surface area contributed by atoms with Gasteiger partial charge < -0.3 is 14.8 Å². The van der Waals surface area contributed by atoms with Crippen LogP contribution in [0.1, 0.15) is 6.92 Å². The Balaban J connectivity index is 2.43. The van der Waals surface area contributed by atoms with Crippen molar-refractivity contribution < 1.29 is 14.3 Å². The highest BCUT2D eigenvalue weighted by Gasteiger charge is 2.03. The molecule has 0 heterocycles. The first kappa shape index (κ1) is 13.8. The van der Waals surface area contributed by atoms with E-state index in [4.69, 9.17) is 21.1 Å². The Hall–Kier alpha value is -1.26. The number of para-hydroxylation sites is 2. The van der Waals surface area contributed by atoms with Crippen LogP contribution >= 0.6 is 11.6 Å². The van der Waals surface area contributed by atoms with Crippen LogP contribution in [0.4, 0.5) is 5.69 Å². The lowest BCUT2D eigenvalue weighted by atomic mass is 10.3. The van der Waals surface area contributed by atoms with Crippen molar-refractivity contribution in [3.63, 3.8) is 0 Å². The zero-order valence-corrected chi connectivity index (χ0v) is 10.5. The number of rotatable bonds is 7. The van der Waals surface area contributed by atoms with Crippen molar-refractivity contribution in [3.05, 3.63) is 24.3 Å². The number of hydrogen-bond donors (Lipinski definition) is 1. The summed E-state index contributed by atoms with van der Waals surface area (Å²) < 4.78 is 10.7. The summed E-state index contributed by atoms with van der Waals surface area (Å²) in [5.41, 5.74) is 0.664. The van der Waals surface area contributed by atoms with Gasteiger partial charge in [-0.1, -0.05) is 12.1 Å². The van der Waals surface area contributed by atoms with Gasteiger partial charge in [-0.2, -0.15) is 0 Å². The average Bonchev–Trinajstić information content (AvgIpc) is 2.30. The molecule has 0 aliphatic rings. The van der Waals surface area contributed by atoms with Gasteiger partial charge in [-0.25, -0.2) is 0 Å². The number of halogens is 1. The molecule has 0 saturated heterocycles. The Morgan fingerprint density at radius 1 is 1.29 bits per heavy atom. The molecule has 17 heavy (non-hydrogen) atoms. The van der Waals surface area contributed by atoms with E-state index in [0.717, 1.165) is 0 Å². The molecule has 0 aliphatic carbocycles. The van der Waals surface area contributed by atoms with E-state index in [-0.39, 0.29) is 5.91 Å². The zero-order valence-electron chi connectivity index (χ0n) is 9.74. The minimum absolute atomic E-state index is 0.126. The van der Waals surface area contributed by atoms with E-state index in [1.807, 2.05) is 12.1 Å². The van der Waals surface area contributed by atoms with Crippen molar-refractivity contribution in [1.82, 2.24) is 0 Å². The summed E-state index contributed by atoms with van der Waals surface area (Å²) in [5, 5.41) is 2.70. The normalized spacial score (nSPS) is 10.0. The van der Waals surface area contributed by atoms with E-state index >= 15 is 0 Å². The van der Waals surface area contributed by atoms with E-state index in [1.165, 1.54) is 6.92 Å². The number of carbonyl (C=O) groups is 1. The number of anilines is 1. The standard InChI is InChI=1S/C12H16ClNO3/c1-10(15)14-11-4-2-3-5-12(11)17-9-8-16-7-6-13/h2-5H,6-9H2,1H3,(H,14,15). The van der Waals surface area contributed by atoms with E-state index in [9.17, 15) is 4.79 Å². The number of benzene rings is 1. The molecule has 0 aromatic heterocycles. The third-order valence-corrected chi connectivity index (χ3v) is 2.06. The van der Waals surface area contributed by atoms with Gasteiger partial charge in [0.1, 0.15) is 12.4 Å². The fourth-order valence-corrected chi connectivity index (χ4v) is 1.36. The van der Waals surface area contributed by atoms with Crippen molar-refractivity contribution in [2.24, 2.45) is 0 Å².